The maximum atomic E-state index is 12.1. The Morgan fingerprint density at radius 1 is 1.52 bits per heavy atom. The third-order valence-corrected chi connectivity index (χ3v) is 3.48. The Balaban J connectivity index is 1.82. The molecule has 112 valence electrons. The van der Waals surface area contributed by atoms with E-state index in [1.807, 2.05) is 12.3 Å². The number of aryl methyl sites for hydroxylation is 1. The number of anilines is 1. The van der Waals surface area contributed by atoms with Crippen molar-refractivity contribution in [2.45, 2.75) is 19.8 Å². The number of nitrogens with two attached hydrogens (primary N) is 1. The molecule has 0 spiro atoms. The van der Waals surface area contributed by atoms with E-state index in [1.54, 1.807) is 18.3 Å². The van der Waals surface area contributed by atoms with Crippen LogP contribution in [0.2, 0.25) is 0 Å². The molecule has 21 heavy (non-hydrogen) atoms. The molecule has 1 amide bonds. The first-order chi connectivity index (χ1) is 10.2. The van der Waals surface area contributed by atoms with E-state index in [1.165, 1.54) is 11.3 Å². The zero-order valence-corrected chi connectivity index (χ0v) is 12.7. The molecule has 2 rings (SSSR count). The number of nitrogen functional groups attached to an aromatic ring is 1. The largest absolute Gasteiger partial charge is 0.477 e. The van der Waals surface area contributed by atoms with Gasteiger partial charge in [-0.15, -0.1) is 11.3 Å². The summed E-state index contributed by atoms with van der Waals surface area (Å²) in [4.78, 5) is 20.3. The summed E-state index contributed by atoms with van der Waals surface area (Å²) < 4.78 is 5.34. The number of hydrogen-bond donors (Lipinski definition) is 2. The number of nitrogens with zero attached hydrogens (tertiary/aromatic N) is 2. The summed E-state index contributed by atoms with van der Waals surface area (Å²) in [6, 6.07) is 3.42. The van der Waals surface area contributed by atoms with Crippen molar-refractivity contribution >= 4 is 22.4 Å². The summed E-state index contributed by atoms with van der Waals surface area (Å²) in [6.07, 6.45) is 3.20. The Morgan fingerprint density at radius 3 is 3.10 bits per heavy atom. The second-order valence-corrected chi connectivity index (χ2v) is 5.22. The Morgan fingerprint density at radius 2 is 2.38 bits per heavy atom. The fourth-order valence-electron chi connectivity index (χ4n) is 1.82. The predicted octanol–water partition coefficient (Wildman–Crippen LogP) is 1.88. The molecule has 2 aromatic rings. The Bertz CT molecular complexity index is 600. The minimum absolute atomic E-state index is 0.177. The molecule has 0 aliphatic heterocycles. The molecule has 2 heterocycles. The number of rotatable bonds is 7. The maximum Gasteiger partial charge on any atom is 0.256 e. The van der Waals surface area contributed by atoms with E-state index in [0.717, 1.165) is 18.5 Å². The van der Waals surface area contributed by atoms with E-state index in [-0.39, 0.29) is 5.91 Å². The molecule has 0 saturated carbocycles. The first-order valence-electron chi connectivity index (χ1n) is 6.76. The van der Waals surface area contributed by atoms with Crippen LogP contribution in [0.4, 0.5) is 5.13 Å². The first-order valence-corrected chi connectivity index (χ1v) is 7.64. The monoisotopic (exact) mass is 306 g/mol. The molecule has 0 radical (unpaired) electrons. The van der Waals surface area contributed by atoms with Gasteiger partial charge in [-0.1, -0.05) is 0 Å². The summed E-state index contributed by atoms with van der Waals surface area (Å²) in [6.45, 7) is 2.90. The molecule has 0 saturated heterocycles. The van der Waals surface area contributed by atoms with Gasteiger partial charge in [-0.2, -0.15) is 0 Å². The highest BCUT2D eigenvalue weighted by molar-refractivity contribution is 7.13. The van der Waals surface area contributed by atoms with Crippen molar-refractivity contribution in [2.24, 2.45) is 0 Å². The van der Waals surface area contributed by atoms with Crippen LogP contribution in [0.15, 0.2) is 23.7 Å². The van der Waals surface area contributed by atoms with Crippen LogP contribution in [0.25, 0.3) is 0 Å². The summed E-state index contributed by atoms with van der Waals surface area (Å²) in [5.74, 6) is 0.189. The average molecular weight is 306 g/mol. The quantitative estimate of drug-likeness (QED) is 0.762. The third-order valence-electron chi connectivity index (χ3n) is 2.76. The fraction of sp³-hybridized carbons (Fsp3) is 0.357. The predicted molar refractivity (Wildman–Crippen MR) is 82.6 cm³/mol. The summed E-state index contributed by atoms with van der Waals surface area (Å²) in [5.41, 5.74) is 6.99. The molecule has 2 aromatic heterocycles. The van der Waals surface area contributed by atoms with E-state index in [9.17, 15) is 4.79 Å². The second-order valence-electron chi connectivity index (χ2n) is 4.33. The molecule has 3 N–H and O–H groups in total. The molecule has 0 unspecified atom stereocenters. The van der Waals surface area contributed by atoms with Crippen LogP contribution in [-0.2, 0) is 6.42 Å². The van der Waals surface area contributed by atoms with Crippen LogP contribution < -0.4 is 15.8 Å². The van der Waals surface area contributed by atoms with Gasteiger partial charge in [0, 0.05) is 18.1 Å². The van der Waals surface area contributed by atoms with Crippen LogP contribution in [0.1, 0.15) is 29.4 Å². The lowest BCUT2D eigenvalue weighted by Gasteiger charge is -2.09. The van der Waals surface area contributed by atoms with Gasteiger partial charge in [0.15, 0.2) is 5.13 Å². The van der Waals surface area contributed by atoms with Crippen molar-refractivity contribution in [2.75, 3.05) is 18.9 Å². The van der Waals surface area contributed by atoms with E-state index >= 15 is 0 Å². The average Bonchev–Trinajstić information content (AvgIpc) is 2.90. The van der Waals surface area contributed by atoms with Gasteiger partial charge in [-0.05, 0) is 31.9 Å². The van der Waals surface area contributed by atoms with Gasteiger partial charge in [-0.25, -0.2) is 9.97 Å². The molecule has 0 aliphatic rings. The molecule has 0 fully saturated rings. The van der Waals surface area contributed by atoms with Crippen molar-refractivity contribution < 1.29 is 9.53 Å². The summed E-state index contributed by atoms with van der Waals surface area (Å²) in [7, 11) is 0. The van der Waals surface area contributed by atoms with Gasteiger partial charge in [0.1, 0.15) is 5.56 Å². The van der Waals surface area contributed by atoms with Crippen LogP contribution in [0, 0.1) is 0 Å². The standard InChI is InChI=1S/C14H18N4O2S/c1-2-20-13-11(6-4-8-17-13)12(19)16-7-3-5-10-9-21-14(15)18-10/h4,6,8-9H,2-3,5,7H2,1H3,(H2,15,18)(H,16,19). The van der Waals surface area contributed by atoms with Crippen molar-refractivity contribution in [1.29, 1.82) is 0 Å². The van der Waals surface area contributed by atoms with E-state index in [2.05, 4.69) is 15.3 Å². The zero-order chi connectivity index (χ0) is 15.1. The van der Waals surface area contributed by atoms with Gasteiger partial charge in [0.05, 0.1) is 12.3 Å². The molecule has 0 bridgehead atoms. The van der Waals surface area contributed by atoms with Crippen molar-refractivity contribution in [3.63, 3.8) is 0 Å². The number of pyridine rings is 1. The van der Waals surface area contributed by atoms with Gasteiger partial charge < -0.3 is 15.8 Å². The topological polar surface area (TPSA) is 90.1 Å². The van der Waals surface area contributed by atoms with Gasteiger partial charge in [-0.3, -0.25) is 4.79 Å². The summed E-state index contributed by atoms with van der Waals surface area (Å²) >= 11 is 1.43. The number of nitrogens with one attached hydrogen (secondary N) is 1. The van der Waals surface area contributed by atoms with Gasteiger partial charge >= 0.3 is 0 Å². The Hall–Kier alpha value is -2.15. The number of carbonyl (C=O) groups is 1. The molecule has 0 aromatic carbocycles. The highest BCUT2D eigenvalue weighted by Gasteiger charge is 2.12. The fourth-order valence-corrected chi connectivity index (χ4v) is 2.42. The number of hydrogen-bond acceptors (Lipinski definition) is 6. The van der Waals surface area contributed by atoms with E-state index < -0.39 is 0 Å². The lowest BCUT2D eigenvalue weighted by molar-refractivity contribution is 0.0948. The lowest BCUT2D eigenvalue weighted by atomic mass is 10.2. The number of carbonyl (C=O) groups excluding carboxylic acids is 1. The number of amides is 1. The normalized spacial score (nSPS) is 10.3. The number of thiazole rings is 1. The zero-order valence-electron chi connectivity index (χ0n) is 11.8. The first kappa shape index (κ1) is 15.2. The third kappa shape index (κ3) is 4.42. The smallest absolute Gasteiger partial charge is 0.256 e. The highest BCUT2D eigenvalue weighted by atomic mass is 32.1. The Kier molecular flexibility index (Phi) is 5.51. The van der Waals surface area contributed by atoms with Gasteiger partial charge in [0.25, 0.3) is 5.91 Å². The minimum atomic E-state index is -0.177. The maximum absolute atomic E-state index is 12.1. The van der Waals surface area contributed by atoms with E-state index in [4.69, 9.17) is 10.5 Å². The van der Waals surface area contributed by atoms with Crippen LogP contribution in [0.3, 0.4) is 0 Å². The molecular weight excluding hydrogens is 288 g/mol. The SMILES string of the molecule is CCOc1ncccc1C(=O)NCCCc1csc(N)n1. The number of ether oxygens (including phenoxy) is 1. The van der Waals surface area contributed by atoms with Crippen molar-refractivity contribution in [3.05, 3.63) is 35.0 Å². The van der Waals surface area contributed by atoms with Crippen LogP contribution >= 0.6 is 11.3 Å². The summed E-state index contributed by atoms with van der Waals surface area (Å²) in [5, 5.41) is 5.37. The lowest BCUT2D eigenvalue weighted by Crippen LogP contribution is -2.25. The van der Waals surface area contributed by atoms with E-state index in [0.29, 0.717) is 29.7 Å². The minimum Gasteiger partial charge on any atom is -0.477 e. The molecular formula is C14H18N4O2S. The van der Waals surface area contributed by atoms with Crippen LogP contribution in [-0.4, -0.2) is 29.0 Å². The van der Waals surface area contributed by atoms with Crippen molar-refractivity contribution in [1.82, 2.24) is 15.3 Å². The van der Waals surface area contributed by atoms with Crippen molar-refractivity contribution in [3.8, 4) is 5.88 Å². The molecule has 0 aliphatic carbocycles. The molecule has 0 atom stereocenters. The second kappa shape index (κ2) is 7.58. The molecule has 7 heteroatoms. The highest BCUT2D eigenvalue weighted by Crippen LogP contribution is 2.14. The van der Waals surface area contributed by atoms with Gasteiger partial charge in [0.2, 0.25) is 5.88 Å². The number of aromatic nitrogens is 2. The van der Waals surface area contributed by atoms with Crippen LogP contribution in [0.5, 0.6) is 5.88 Å². The Labute approximate surface area is 127 Å². The molecule has 6 nitrogen and oxygen atoms in total.